The Kier molecular flexibility index (Phi) is 8.19. The molecule has 0 spiro atoms. The van der Waals surface area contributed by atoms with Gasteiger partial charge in [-0.1, -0.05) is 27.7 Å². The molecule has 0 aromatic rings. The van der Waals surface area contributed by atoms with Gasteiger partial charge in [0.15, 0.2) is 0 Å². The maximum atomic E-state index is 14.0. The molecule has 4 fully saturated rings. The fraction of sp³-hybridized carbons (Fsp3) is 0.879. The van der Waals surface area contributed by atoms with Crippen LogP contribution in [-0.4, -0.2) is 45.9 Å². The molecule has 4 rings (SSSR count). The molecule has 0 aromatic carbocycles. The predicted molar refractivity (Wildman–Crippen MR) is 151 cm³/mol. The van der Waals surface area contributed by atoms with Gasteiger partial charge in [0.25, 0.3) is 0 Å². The lowest BCUT2D eigenvalue weighted by atomic mass is 9.44. The van der Waals surface area contributed by atoms with Gasteiger partial charge in [0.1, 0.15) is 28.9 Å². The molecule has 0 saturated heterocycles. The fourth-order valence-electron chi connectivity index (χ4n) is 10.3. The average molecular weight is 561 g/mol. The smallest absolute Gasteiger partial charge is 0.303 e. The molecule has 40 heavy (non-hydrogen) atoms. The van der Waals surface area contributed by atoms with E-state index in [1.807, 2.05) is 27.7 Å². The van der Waals surface area contributed by atoms with Crippen LogP contribution in [0, 0.1) is 52.3 Å². The first-order valence-electron chi connectivity index (χ1n) is 15.5. The van der Waals surface area contributed by atoms with Crippen LogP contribution in [0.3, 0.4) is 0 Å². The topological polar surface area (TPSA) is 107 Å². The van der Waals surface area contributed by atoms with Crippen molar-refractivity contribution in [3.63, 3.8) is 0 Å². The van der Waals surface area contributed by atoms with Crippen LogP contribution in [0.25, 0.3) is 0 Å². The second kappa shape index (κ2) is 10.5. The highest BCUT2D eigenvalue weighted by atomic mass is 16.6. The first-order valence-corrected chi connectivity index (χ1v) is 15.5. The number of esters is 2. The number of hydrogen-bond acceptors (Lipinski definition) is 7. The Hall–Kier alpha value is -1.76. The van der Waals surface area contributed by atoms with Crippen LogP contribution in [0.2, 0.25) is 0 Å². The Morgan fingerprint density at radius 1 is 0.925 bits per heavy atom. The molecule has 0 unspecified atom stereocenters. The molecular weight excluding hydrogens is 508 g/mol. The largest absolute Gasteiger partial charge is 0.460 e. The van der Waals surface area contributed by atoms with Crippen molar-refractivity contribution < 1.29 is 33.8 Å². The zero-order chi connectivity index (χ0) is 30.0. The van der Waals surface area contributed by atoms with Crippen molar-refractivity contribution in [3.8, 4) is 0 Å². The zero-order valence-electron chi connectivity index (χ0n) is 26.2. The van der Waals surface area contributed by atoms with Crippen molar-refractivity contribution in [1.29, 1.82) is 0 Å². The maximum Gasteiger partial charge on any atom is 0.303 e. The van der Waals surface area contributed by atoms with Crippen LogP contribution >= 0.6 is 0 Å². The molecule has 1 N–H and O–H groups in total. The van der Waals surface area contributed by atoms with Gasteiger partial charge in [-0.05, 0) is 87.4 Å². The standard InChI is InChI=1S/C33H52O7/c1-18(19(2)30(5,6)40-21(4)35)29(39-20(3)34)33(9,38)28-27(37)17-26-24-11-10-22-16-23(36)12-14-31(22,7)25(24)13-15-32(26,28)8/h18-19,22,24-26,28-29,38H,10-17H2,1-9H3/t18-,19-,22-,24+,25-,26-,28-,29+,31-,32-,33+/m0/s1. The highest BCUT2D eigenvalue weighted by molar-refractivity contribution is 5.86. The fourth-order valence-corrected chi connectivity index (χ4v) is 10.3. The minimum Gasteiger partial charge on any atom is -0.460 e. The van der Waals surface area contributed by atoms with Gasteiger partial charge in [0.05, 0.1) is 5.92 Å². The van der Waals surface area contributed by atoms with E-state index in [1.165, 1.54) is 13.8 Å². The molecular formula is C33H52O7. The first-order chi connectivity index (χ1) is 18.4. The molecule has 4 saturated carbocycles. The number of hydrogen-bond donors (Lipinski definition) is 1. The minimum absolute atomic E-state index is 0.0560. The lowest BCUT2D eigenvalue weighted by Crippen LogP contribution is -2.60. The number of rotatable bonds is 7. The van der Waals surface area contributed by atoms with Gasteiger partial charge in [-0.25, -0.2) is 0 Å². The number of carbonyl (C=O) groups excluding carboxylic acids is 4. The van der Waals surface area contributed by atoms with E-state index in [0.717, 1.165) is 32.1 Å². The summed E-state index contributed by atoms with van der Waals surface area (Å²) in [5, 5.41) is 12.4. The van der Waals surface area contributed by atoms with Gasteiger partial charge in [-0.2, -0.15) is 0 Å². The normalized spacial score (nSPS) is 39.6. The third-order valence-corrected chi connectivity index (χ3v) is 12.5. The SMILES string of the molecule is CC(=O)O[C@H]([C@@H](C)[C@H](C)C(C)(C)OC(C)=O)[C@](C)(O)[C@H]1C(=O)C[C@H]2[C@@H]3CC[C@H]4CC(=O)CC[C@]4(C)[C@H]3CC[C@]12C. The van der Waals surface area contributed by atoms with Crippen molar-refractivity contribution in [2.75, 3.05) is 0 Å². The third kappa shape index (κ3) is 5.07. The van der Waals surface area contributed by atoms with Crippen LogP contribution in [-0.2, 0) is 28.7 Å². The van der Waals surface area contributed by atoms with E-state index >= 15 is 0 Å². The van der Waals surface area contributed by atoms with Crippen LogP contribution in [0.15, 0.2) is 0 Å². The van der Waals surface area contributed by atoms with Gasteiger partial charge < -0.3 is 14.6 Å². The number of ketones is 2. The monoisotopic (exact) mass is 560 g/mol. The van der Waals surface area contributed by atoms with Crippen LogP contribution in [0.1, 0.15) is 114 Å². The summed E-state index contributed by atoms with van der Waals surface area (Å²) in [7, 11) is 0. The minimum atomic E-state index is -1.60. The van der Waals surface area contributed by atoms with E-state index in [2.05, 4.69) is 13.8 Å². The predicted octanol–water partition coefficient (Wildman–Crippen LogP) is 5.69. The van der Waals surface area contributed by atoms with Crippen molar-refractivity contribution in [2.24, 2.45) is 52.3 Å². The van der Waals surface area contributed by atoms with E-state index in [1.54, 1.807) is 6.92 Å². The van der Waals surface area contributed by atoms with Crippen molar-refractivity contribution in [2.45, 2.75) is 131 Å². The Balaban J connectivity index is 1.65. The van der Waals surface area contributed by atoms with Crippen molar-refractivity contribution >= 4 is 23.5 Å². The molecule has 7 heteroatoms. The van der Waals surface area contributed by atoms with Crippen molar-refractivity contribution in [3.05, 3.63) is 0 Å². The number of ether oxygens (including phenoxy) is 2. The summed E-state index contributed by atoms with van der Waals surface area (Å²) in [5.74, 6) is -0.313. The highest BCUT2D eigenvalue weighted by Crippen LogP contribution is 2.68. The Labute approximate surface area is 240 Å². The van der Waals surface area contributed by atoms with E-state index in [4.69, 9.17) is 9.47 Å². The summed E-state index contributed by atoms with van der Waals surface area (Å²) in [5.41, 5.74) is -2.74. The van der Waals surface area contributed by atoms with Crippen molar-refractivity contribution in [1.82, 2.24) is 0 Å². The summed E-state index contributed by atoms with van der Waals surface area (Å²) < 4.78 is 11.5. The lowest BCUT2D eigenvalue weighted by molar-refractivity contribution is -0.203. The third-order valence-electron chi connectivity index (χ3n) is 12.5. The maximum absolute atomic E-state index is 14.0. The van der Waals surface area contributed by atoms with Gasteiger partial charge in [0.2, 0.25) is 0 Å². The molecule has 0 amide bonds. The highest BCUT2D eigenvalue weighted by Gasteiger charge is 2.67. The molecule has 0 radical (unpaired) electrons. The second-order valence-electron chi connectivity index (χ2n) is 15.1. The first kappa shape index (κ1) is 31.2. The van der Waals surface area contributed by atoms with Gasteiger partial charge in [-0.3, -0.25) is 19.2 Å². The number of Topliss-reactive ketones (excluding diaryl/α,β-unsaturated/α-hetero) is 2. The summed E-state index contributed by atoms with van der Waals surface area (Å²) in [6.07, 6.45) is 5.67. The molecule has 0 aliphatic heterocycles. The second-order valence-corrected chi connectivity index (χ2v) is 15.1. The zero-order valence-corrected chi connectivity index (χ0v) is 26.2. The molecule has 0 bridgehead atoms. The van der Waals surface area contributed by atoms with Gasteiger partial charge in [0, 0.05) is 44.9 Å². The Morgan fingerprint density at radius 2 is 1.57 bits per heavy atom. The summed E-state index contributed by atoms with van der Waals surface area (Å²) >= 11 is 0. The Bertz CT molecular complexity index is 1050. The molecule has 0 heterocycles. The quantitative estimate of drug-likeness (QED) is 0.399. The van der Waals surface area contributed by atoms with Crippen LogP contribution in [0.4, 0.5) is 0 Å². The van der Waals surface area contributed by atoms with Crippen LogP contribution < -0.4 is 0 Å². The lowest BCUT2D eigenvalue weighted by Gasteiger charge is -2.60. The number of aliphatic hydroxyl groups is 1. The molecule has 0 aromatic heterocycles. The number of carbonyl (C=O) groups is 4. The van der Waals surface area contributed by atoms with E-state index in [0.29, 0.717) is 42.8 Å². The summed E-state index contributed by atoms with van der Waals surface area (Å²) in [4.78, 5) is 50.4. The summed E-state index contributed by atoms with van der Waals surface area (Å²) in [6, 6.07) is 0. The molecule has 226 valence electrons. The van der Waals surface area contributed by atoms with E-state index in [9.17, 15) is 24.3 Å². The van der Waals surface area contributed by atoms with Gasteiger partial charge in [-0.15, -0.1) is 0 Å². The molecule has 4 aliphatic carbocycles. The molecule has 4 aliphatic rings. The molecule has 7 nitrogen and oxygen atoms in total. The van der Waals surface area contributed by atoms with Gasteiger partial charge >= 0.3 is 11.9 Å². The van der Waals surface area contributed by atoms with E-state index in [-0.39, 0.29) is 23.0 Å². The average Bonchev–Trinajstić information content (AvgIpc) is 3.11. The van der Waals surface area contributed by atoms with Crippen LogP contribution in [0.5, 0.6) is 0 Å². The van der Waals surface area contributed by atoms with E-state index < -0.39 is 46.5 Å². The molecule has 11 atom stereocenters. The summed E-state index contributed by atoms with van der Waals surface area (Å²) in [6.45, 7) is 16.4. The Morgan fingerprint density at radius 3 is 2.17 bits per heavy atom. The number of fused-ring (bicyclic) bond motifs is 5.